The van der Waals surface area contributed by atoms with Crippen LogP contribution in [0.15, 0.2) is 51.7 Å². The molecule has 0 fully saturated rings. The van der Waals surface area contributed by atoms with E-state index in [-0.39, 0.29) is 12.2 Å². The van der Waals surface area contributed by atoms with Crippen LogP contribution in [0.25, 0.3) is 11.0 Å². The summed E-state index contributed by atoms with van der Waals surface area (Å²) in [5.74, 6) is 1.44. The van der Waals surface area contributed by atoms with E-state index in [4.69, 9.17) is 13.9 Å². The molecule has 29 heavy (non-hydrogen) atoms. The van der Waals surface area contributed by atoms with E-state index < -0.39 is 6.10 Å². The lowest BCUT2D eigenvalue weighted by molar-refractivity contribution is 0.106. The maximum Gasteiger partial charge on any atom is 0.336 e. The monoisotopic (exact) mass is 397 g/mol. The summed E-state index contributed by atoms with van der Waals surface area (Å²) in [6.45, 7) is 5.05. The smallest absolute Gasteiger partial charge is 0.336 e. The zero-order chi connectivity index (χ0) is 20.8. The zero-order valence-electron chi connectivity index (χ0n) is 17.0. The molecule has 0 bridgehead atoms. The Bertz CT molecular complexity index is 1010. The molecule has 0 aliphatic carbocycles. The van der Waals surface area contributed by atoms with E-state index in [1.54, 1.807) is 7.11 Å². The summed E-state index contributed by atoms with van der Waals surface area (Å²) < 4.78 is 16.2. The molecule has 6 nitrogen and oxygen atoms in total. The van der Waals surface area contributed by atoms with Crippen LogP contribution in [0.5, 0.6) is 11.5 Å². The van der Waals surface area contributed by atoms with Gasteiger partial charge in [0.25, 0.3) is 0 Å². The van der Waals surface area contributed by atoms with Gasteiger partial charge in [0.15, 0.2) is 0 Å². The van der Waals surface area contributed by atoms with Crippen molar-refractivity contribution in [2.24, 2.45) is 0 Å². The van der Waals surface area contributed by atoms with Crippen LogP contribution in [0.1, 0.15) is 16.7 Å². The van der Waals surface area contributed by atoms with Gasteiger partial charge in [0.1, 0.15) is 29.8 Å². The average molecular weight is 397 g/mol. The molecule has 0 saturated carbocycles. The summed E-state index contributed by atoms with van der Waals surface area (Å²) in [4.78, 5) is 11.7. The van der Waals surface area contributed by atoms with Gasteiger partial charge in [0.2, 0.25) is 0 Å². The molecule has 2 aromatic carbocycles. The van der Waals surface area contributed by atoms with E-state index >= 15 is 0 Å². The maximum atomic E-state index is 11.7. The van der Waals surface area contributed by atoms with Crippen molar-refractivity contribution in [3.05, 3.63) is 69.6 Å². The lowest BCUT2D eigenvalue weighted by Crippen LogP contribution is -2.32. The first-order valence-corrected chi connectivity index (χ1v) is 9.66. The minimum atomic E-state index is -0.648. The fourth-order valence-electron chi connectivity index (χ4n) is 3.20. The molecule has 3 aromatic rings. The Kier molecular flexibility index (Phi) is 6.90. The predicted octanol–water partition coefficient (Wildman–Crippen LogP) is 2.99. The first-order chi connectivity index (χ1) is 14.0. The molecule has 0 amide bonds. The van der Waals surface area contributed by atoms with Gasteiger partial charge in [0, 0.05) is 23.6 Å². The second-order valence-electron chi connectivity index (χ2n) is 7.08. The van der Waals surface area contributed by atoms with Gasteiger partial charge in [-0.3, -0.25) is 0 Å². The van der Waals surface area contributed by atoms with Crippen LogP contribution >= 0.6 is 0 Å². The number of ether oxygens (including phenoxy) is 2. The van der Waals surface area contributed by atoms with E-state index in [2.05, 4.69) is 5.32 Å². The van der Waals surface area contributed by atoms with Gasteiger partial charge in [-0.2, -0.15) is 0 Å². The Morgan fingerprint density at radius 1 is 1.14 bits per heavy atom. The van der Waals surface area contributed by atoms with E-state index in [1.165, 1.54) is 11.6 Å². The molecule has 154 valence electrons. The second-order valence-corrected chi connectivity index (χ2v) is 7.08. The highest BCUT2D eigenvalue weighted by Gasteiger charge is 2.12. The number of benzene rings is 2. The van der Waals surface area contributed by atoms with Crippen molar-refractivity contribution in [1.82, 2.24) is 5.32 Å². The number of aliphatic hydroxyl groups excluding tert-OH is 1. The third kappa shape index (κ3) is 5.37. The van der Waals surface area contributed by atoms with Crippen molar-refractivity contribution in [2.75, 3.05) is 26.8 Å². The fourth-order valence-corrected chi connectivity index (χ4v) is 3.20. The molecule has 0 saturated heterocycles. The van der Waals surface area contributed by atoms with Crippen molar-refractivity contribution in [3.63, 3.8) is 0 Å². The van der Waals surface area contributed by atoms with Crippen LogP contribution in [0.2, 0.25) is 0 Å². The Hall–Kier alpha value is -2.83. The summed E-state index contributed by atoms with van der Waals surface area (Å²) in [5.41, 5.74) is 2.97. The average Bonchev–Trinajstić information content (AvgIpc) is 2.71. The molecular formula is C23H27NO5. The Balaban J connectivity index is 1.48. The van der Waals surface area contributed by atoms with Crippen LogP contribution in [0.4, 0.5) is 0 Å². The van der Waals surface area contributed by atoms with Gasteiger partial charge >= 0.3 is 5.63 Å². The highest BCUT2D eigenvalue weighted by Crippen LogP contribution is 2.28. The van der Waals surface area contributed by atoms with Crippen LogP contribution < -0.4 is 20.4 Å². The van der Waals surface area contributed by atoms with Gasteiger partial charge in [-0.1, -0.05) is 12.1 Å². The third-order valence-electron chi connectivity index (χ3n) is 4.88. The Morgan fingerprint density at radius 3 is 2.62 bits per heavy atom. The van der Waals surface area contributed by atoms with E-state index in [0.717, 1.165) is 35.2 Å². The lowest BCUT2D eigenvalue weighted by atomic mass is 10.1. The number of rotatable bonds is 9. The molecule has 1 heterocycles. The molecule has 1 aromatic heterocycles. The SMILES string of the molecule is COc1ccc(CCNCC(O)COc2ccc3c(C)cc(=O)oc3c2C)cc1. The number of fused-ring (bicyclic) bond motifs is 1. The summed E-state index contributed by atoms with van der Waals surface area (Å²) >= 11 is 0. The molecule has 3 rings (SSSR count). The molecule has 1 unspecified atom stereocenters. The molecule has 0 spiro atoms. The van der Waals surface area contributed by atoms with Crippen LogP contribution in [0, 0.1) is 13.8 Å². The van der Waals surface area contributed by atoms with Crippen molar-refractivity contribution >= 4 is 11.0 Å². The van der Waals surface area contributed by atoms with Gasteiger partial charge in [-0.05, 0) is 62.2 Å². The quantitative estimate of drug-likeness (QED) is 0.427. The first-order valence-electron chi connectivity index (χ1n) is 9.66. The zero-order valence-corrected chi connectivity index (χ0v) is 17.0. The summed E-state index contributed by atoms with van der Waals surface area (Å²) in [6, 6.07) is 13.1. The van der Waals surface area contributed by atoms with E-state index in [0.29, 0.717) is 17.9 Å². The summed E-state index contributed by atoms with van der Waals surface area (Å²) in [6.07, 6.45) is 0.213. The molecule has 2 N–H and O–H groups in total. The normalized spacial score (nSPS) is 12.1. The predicted molar refractivity (Wildman–Crippen MR) is 113 cm³/mol. The number of hydrogen-bond acceptors (Lipinski definition) is 6. The van der Waals surface area contributed by atoms with E-state index in [1.807, 2.05) is 50.2 Å². The third-order valence-corrected chi connectivity index (χ3v) is 4.88. The number of hydrogen-bond donors (Lipinski definition) is 2. The fraction of sp³-hybridized carbons (Fsp3) is 0.348. The highest BCUT2D eigenvalue weighted by atomic mass is 16.5. The highest BCUT2D eigenvalue weighted by molar-refractivity contribution is 5.84. The Labute approximate surface area is 170 Å². The topological polar surface area (TPSA) is 80.9 Å². The summed E-state index contributed by atoms with van der Waals surface area (Å²) in [7, 11) is 1.65. The Morgan fingerprint density at radius 2 is 1.90 bits per heavy atom. The van der Waals surface area contributed by atoms with Crippen LogP contribution in [-0.2, 0) is 6.42 Å². The largest absolute Gasteiger partial charge is 0.497 e. The first kappa shape index (κ1) is 20.9. The van der Waals surface area contributed by atoms with E-state index in [9.17, 15) is 9.90 Å². The summed E-state index contributed by atoms with van der Waals surface area (Å²) in [5, 5.41) is 14.3. The molecule has 6 heteroatoms. The molecule has 1 atom stereocenters. The van der Waals surface area contributed by atoms with Crippen molar-refractivity contribution < 1.29 is 19.0 Å². The lowest BCUT2D eigenvalue weighted by Gasteiger charge is -2.15. The number of nitrogens with one attached hydrogen (secondary N) is 1. The standard InChI is InChI=1S/C23H27NO5/c1-15-12-22(26)29-23-16(2)21(9-8-20(15)23)28-14-18(25)13-24-11-10-17-4-6-19(27-3)7-5-17/h4-9,12,18,24-25H,10-11,13-14H2,1-3H3. The minimum absolute atomic E-state index is 0.151. The van der Waals surface area contributed by atoms with Crippen molar-refractivity contribution in [3.8, 4) is 11.5 Å². The molecule has 0 aliphatic heterocycles. The molecule has 0 radical (unpaired) electrons. The van der Waals surface area contributed by atoms with Crippen molar-refractivity contribution in [2.45, 2.75) is 26.4 Å². The van der Waals surface area contributed by atoms with Crippen LogP contribution in [0.3, 0.4) is 0 Å². The second kappa shape index (κ2) is 9.58. The number of aryl methyl sites for hydroxylation is 2. The van der Waals surface area contributed by atoms with Crippen LogP contribution in [-0.4, -0.2) is 38.0 Å². The number of methoxy groups -OCH3 is 1. The molecular weight excluding hydrogens is 370 g/mol. The van der Waals surface area contributed by atoms with Gasteiger partial charge in [0.05, 0.1) is 7.11 Å². The number of aliphatic hydroxyl groups is 1. The van der Waals surface area contributed by atoms with Crippen molar-refractivity contribution in [1.29, 1.82) is 0 Å². The van der Waals surface area contributed by atoms with Gasteiger partial charge < -0.3 is 24.3 Å². The van der Waals surface area contributed by atoms with Gasteiger partial charge in [-0.25, -0.2) is 4.79 Å². The maximum absolute atomic E-state index is 11.7. The van der Waals surface area contributed by atoms with Gasteiger partial charge in [-0.15, -0.1) is 0 Å². The minimum Gasteiger partial charge on any atom is -0.497 e. The molecule has 0 aliphatic rings.